The minimum Gasteiger partial charge on any atom is -0.335 e. The van der Waals surface area contributed by atoms with Gasteiger partial charge >= 0.3 is 0 Å². The van der Waals surface area contributed by atoms with Crippen molar-refractivity contribution in [1.82, 2.24) is 24.9 Å². The topological polar surface area (TPSA) is 70.5 Å². The van der Waals surface area contributed by atoms with Gasteiger partial charge in [0.1, 0.15) is 5.69 Å². The van der Waals surface area contributed by atoms with Gasteiger partial charge in [-0.1, -0.05) is 18.2 Å². The lowest BCUT2D eigenvalue weighted by Crippen LogP contribution is -2.50. The molecule has 8 heteroatoms. The van der Waals surface area contributed by atoms with Crippen LogP contribution in [0.15, 0.2) is 42.6 Å². The first kappa shape index (κ1) is 20.4. The summed E-state index contributed by atoms with van der Waals surface area (Å²) in [6, 6.07) is 11.4. The zero-order valence-electron chi connectivity index (χ0n) is 15.8. The van der Waals surface area contributed by atoms with E-state index in [-0.39, 0.29) is 24.2 Å². The van der Waals surface area contributed by atoms with Crippen molar-refractivity contribution in [2.75, 3.05) is 39.3 Å². The molecule has 0 saturated carbocycles. The highest BCUT2D eigenvalue weighted by Crippen LogP contribution is 2.17. The van der Waals surface area contributed by atoms with Crippen LogP contribution in [-0.2, 0) is 0 Å². The predicted molar refractivity (Wildman–Crippen MR) is 109 cm³/mol. The van der Waals surface area contributed by atoms with Crippen LogP contribution in [0.5, 0.6) is 0 Å². The molecule has 1 unspecified atom stereocenters. The normalized spacial score (nSPS) is 19.8. The van der Waals surface area contributed by atoms with Crippen LogP contribution in [0.25, 0.3) is 0 Å². The van der Waals surface area contributed by atoms with Crippen LogP contribution >= 0.6 is 12.4 Å². The fourth-order valence-electron chi connectivity index (χ4n) is 3.75. The van der Waals surface area contributed by atoms with E-state index in [9.17, 15) is 9.59 Å². The summed E-state index contributed by atoms with van der Waals surface area (Å²) in [4.78, 5) is 28.9. The van der Waals surface area contributed by atoms with Gasteiger partial charge in [-0.2, -0.15) is 5.10 Å². The van der Waals surface area contributed by atoms with Gasteiger partial charge in [0.05, 0.1) is 6.04 Å². The number of benzene rings is 1. The van der Waals surface area contributed by atoms with Crippen molar-refractivity contribution in [3.63, 3.8) is 0 Å². The van der Waals surface area contributed by atoms with Crippen molar-refractivity contribution in [2.45, 2.75) is 18.9 Å². The van der Waals surface area contributed by atoms with Gasteiger partial charge in [-0.25, -0.2) is 0 Å². The molecule has 0 aliphatic carbocycles. The van der Waals surface area contributed by atoms with Gasteiger partial charge in [-0.05, 0) is 37.6 Å². The van der Waals surface area contributed by atoms with E-state index < -0.39 is 0 Å². The second-order valence-electron chi connectivity index (χ2n) is 7.13. The maximum absolute atomic E-state index is 12.8. The molecular weight excluding hydrogens is 378 g/mol. The number of nitrogens with one attached hydrogen (secondary N) is 1. The zero-order chi connectivity index (χ0) is 18.6. The Morgan fingerprint density at radius 1 is 0.964 bits per heavy atom. The van der Waals surface area contributed by atoms with E-state index in [0.29, 0.717) is 43.5 Å². The second-order valence-corrected chi connectivity index (χ2v) is 7.13. The number of hydrogen-bond donors (Lipinski definition) is 1. The SMILES string of the molecule is Cl.O=C(c1ccccc1)N1CCN(C(=O)c2ccn(C3CCCNC3)n2)CC1. The summed E-state index contributed by atoms with van der Waals surface area (Å²) in [5.41, 5.74) is 1.18. The lowest BCUT2D eigenvalue weighted by Gasteiger charge is -2.34. The van der Waals surface area contributed by atoms with Crippen LogP contribution in [0.2, 0.25) is 0 Å². The molecular formula is C20H26ClN5O2. The summed E-state index contributed by atoms with van der Waals surface area (Å²) in [5.74, 6) is -0.0268. The Morgan fingerprint density at radius 3 is 2.29 bits per heavy atom. The Kier molecular flexibility index (Phi) is 6.70. The maximum atomic E-state index is 12.8. The molecule has 0 radical (unpaired) electrons. The number of carbonyl (C=O) groups excluding carboxylic acids is 2. The lowest BCUT2D eigenvalue weighted by atomic mass is 10.1. The monoisotopic (exact) mass is 403 g/mol. The van der Waals surface area contributed by atoms with Crippen LogP contribution in [0.1, 0.15) is 39.7 Å². The molecule has 2 amide bonds. The van der Waals surface area contributed by atoms with Gasteiger partial charge in [-0.15, -0.1) is 12.4 Å². The number of aromatic nitrogens is 2. The molecule has 28 heavy (non-hydrogen) atoms. The molecule has 0 spiro atoms. The minimum atomic E-state index is -0.0515. The van der Waals surface area contributed by atoms with Crippen molar-refractivity contribution in [1.29, 1.82) is 0 Å². The van der Waals surface area contributed by atoms with Gasteiger partial charge in [0.15, 0.2) is 0 Å². The summed E-state index contributed by atoms with van der Waals surface area (Å²) < 4.78 is 1.91. The molecule has 1 N–H and O–H groups in total. The molecule has 0 bridgehead atoms. The molecule has 4 rings (SSSR count). The summed E-state index contributed by atoms with van der Waals surface area (Å²) in [6.45, 7) is 4.12. The quantitative estimate of drug-likeness (QED) is 0.848. The third kappa shape index (κ3) is 4.36. The highest BCUT2D eigenvalue weighted by atomic mass is 35.5. The van der Waals surface area contributed by atoms with Crippen LogP contribution < -0.4 is 5.32 Å². The average molecular weight is 404 g/mol. The predicted octanol–water partition coefficient (Wildman–Crippen LogP) is 1.83. The number of hydrogen-bond acceptors (Lipinski definition) is 4. The van der Waals surface area contributed by atoms with E-state index in [1.807, 2.05) is 46.1 Å². The number of piperidine rings is 1. The van der Waals surface area contributed by atoms with Crippen LogP contribution in [0, 0.1) is 0 Å². The number of piperazine rings is 1. The highest BCUT2D eigenvalue weighted by Gasteiger charge is 2.27. The standard InChI is InChI=1S/C20H25N5O2.ClH/c26-19(16-5-2-1-3-6-16)23-11-13-24(14-12-23)20(27)18-8-10-25(22-18)17-7-4-9-21-15-17;/h1-3,5-6,8,10,17,21H,4,7,9,11-15H2;1H. The number of halogens is 1. The van der Waals surface area contributed by atoms with Gasteiger partial charge in [0.25, 0.3) is 11.8 Å². The Hall–Kier alpha value is -2.38. The minimum absolute atomic E-state index is 0. The van der Waals surface area contributed by atoms with Crippen molar-refractivity contribution in [3.8, 4) is 0 Å². The second kappa shape index (κ2) is 9.21. The lowest BCUT2D eigenvalue weighted by molar-refractivity contribution is 0.0531. The molecule has 1 atom stereocenters. The average Bonchev–Trinajstić information content (AvgIpc) is 3.24. The van der Waals surface area contributed by atoms with Crippen molar-refractivity contribution in [2.24, 2.45) is 0 Å². The van der Waals surface area contributed by atoms with Crippen molar-refractivity contribution < 1.29 is 9.59 Å². The largest absolute Gasteiger partial charge is 0.335 e. The van der Waals surface area contributed by atoms with Crippen molar-refractivity contribution >= 4 is 24.2 Å². The number of amides is 2. The third-order valence-corrected chi connectivity index (χ3v) is 5.35. The maximum Gasteiger partial charge on any atom is 0.274 e. The highest BCUT2D eigenvalue weighted by molar-refractivity contribution is 5.95. The van der Waals surface area contributed by atoms with E-state index in [4.69, 9.17) is 0 Å². The first-order valence-corrected chi connectivity index (χ1v) is 9.62. The first-order chi connectivity index (χ1) is 13.2. The fourth-order valence-corrected chi connectivity index (χ4v) is 3.75. The number of carbonyl (C=O) groups is 2. The van der Waals surface area contributed by atoms with Gasteiger partial charge in [0, 0.05) is 44.5 Å². The van der Waals surface area contributed by atoms with Crippen LogP contribution in [0.3, 0.4) is 0 Å². The molecule has 2 aromatic rings. The fraction of sp³-hybridized carbons (Fsp3) is 0.450. The molecule has 7 nitrogen and oxygen atoms in total. The van der Waals surface area contributed by atoms with Crippen LogP contribution in [0.4, 0.5) is 0 Å². The van der Waals surface area contributed by atoms with Crippen LogP contribution in [-0.4, -0.2) is 70.7 Å². The smallest absolute Gasteiger partial charge is 0.274 e. The number of rotatable bonds is 3. The Bertz CT molecular complexity index is 796. The van der Waals surface area contributed by atoms with E-state index >= 15 is 0 Å². The van der Waals surface area contributed by atoms with E-state index in [2.05, 4.69) is 10.4 Å². The molecule has 1 aromatic heterocycles. The van der Waals surface area contributed by atoms with E-state index in [1.54, 1.807) is 11.0 Å². The van der Waals surface area contributed by atoms with E-state index in [1.165, 1.54) is 0 Å². The van der Waals surface area contributed by atoms with E-state index in [0.717, 1.165) is 25.9 Å². The van der Waals surface area contributed by atoms with Gasteiger partial charge in [0.2, 0.25) is 0 Å². The Labute approximate surface area is 171 Å². The Morgan fingerprint density at radius 2 is 1.64 bits per heavy atom. The van der Waals surface area contributed by atoms with Crippen molar-refractivity contribution in [3.05, 3.63) is 53.9 Å². The summed E-state index contributed by atoms with van der Waals surface area (Å²) >= 11 is 0. The van der Waals surface area contributed by atoms with Gasteiger partial charge in [-0.3, -0.25) is 14.3 Å². The molecule has 2 aliphatic heterocycles. The zero-order valence-corrected chi connectivity index (χ0v) is 16.6. The molecule has 2 fully saturated rings. The third-order valence-electron chi connectivity index (χ3n) is 5.35. The number of nitrogens with zero attached hydrogens (tertiary/aromatic N) is 4. The molecule has 1 aromatic carbocycles. The molecule has 2 aliphatic rings. The van der Waals surface area contributed by atoms with Gasteiger partial charge < -0.3 is 15.1 Å². The summed E-state index contributed by atoms with van der Waals surface area (Å²) in [7, 11) is 0. The Balaban J connectivity index is 0.00000225. The summed E-state index contributed by atoms with van der Waals surface area (Å²) in [5, 5.41) is 7.89. The molecule has 3 heterocycles. The summed E-state index contributed by atoms with van der Waals surface area (Å²) in [6.07, 6.45) is 4.12. The molecule has 2 saturated heterocycles. The first-order valence-electron chi connectivity index (χ1n) is 9.62. The molecule has 150 valence electrons.